The molecule has 0 saturated carbocycles. The first-order valence-electron chi connectivity index (χ1n) is 10.6. The Morgan fingerprint density at radius 3 is 2.18 bits per heavy atom. The second-order valence-electron chi connectivity index (χ2n) is 7.68. The van der Waals surface area contributed by atoms with Crippen molar-refractivity contribution in [2.75, 3.05) is 20.0 Å². The van der Waals surface area contributed by atoms with Crippen molar-refractivity contribution in [2.45, 2.75) is 31.6 Å². The molecule has 0 spiro atoms. The minimum atomic E-state index is -3.35. The predicted octanol–water partition coefficient (Wildman–Crippen LogP) is 4.39. The Morgan fingerprint density at radius 1 is 1.00 bits per heavy atom. The van der Waals surface area contributed by atoms with E-state index in [1.165, 1.54) is 12.1 Å². The molecular weight excluding hydrogens is 442 g/mol. The molecule has 0 radical (unpaired) electrons. The predicted molar refractivity (Wildman–Crippen MR) is 126 cm³/mol. The Labute approximate surface area is 193 Å². The molecule has 3 aromatic rings. The van der Waals surface area contributed by atoms with Crippen molar-refractivity contribution in [1.29, 1.82) is 0 Å². The van der Waals surface area contributed by atoms with Crippen molar-refractivity contribution in [3.8, 4) is 22.7 Å². The summed E-state index contributed by atoms with van der Waals surface area (Å²) in [4.78, 5) is 25.4. The van der Waals surface area contributed by atoms with Crippen LogP contribution in [0.1, 0.15) is 35.8 Å². The van der Waals surface area contributed by atoms with Crippen LogP contribution in [0.25, 0.3) is 16.9 Å². The molecule has 0 saturated heterocycles. The Balaban J connectivity index is 2.11. The van der Waals surface area contributed by atoms with E-state index in [1.807, 2.05) is 23.6 Å². The number of benzene rings is 2. The fourth-order valence-corrected chi connectivity index (χ4v) is 4.10. The number of aromatic nitrogens is 1. The lowest BCUT2D eigenvalue weighted by molar-refractivity contribution is -0.138. The first kappa shape index (κ1) is 24.3. The molecule has 0 amide bonds. The van der Waals surface area contributed by atoms with E-state index in [0.29, 0.717) is 29.1 Å². The lowest BCUT2D eigenvalue weighted by atomic mass is 10.1. The molecule has 33 heavy (non-hydrogen) atoms. The molecule has 8 heteroatoms. The smallest absolute Gasteiger partial charge is 0.379 e. The molecule has 0 aliphatic rings. The van der Waals surface area contributed by atoms with E-state index in [2.05, 4.69) is 0 Å². The van der Waals surface area contributed by atoms with Gasteiger partial charge in [0.2, 0.25) is 0 Å². The molecule has 3 rings (SSSR count). The lowest BCUT2D eigenvalue weighted by Crippen LogP contribution is -2.19. The average Bonchev–Trinajstić information content (AvgIpc) is 3.15. The number of ether oxygens (including phenoxy) is 2. The quantitative estimate of drug-likeness (QED) is 0.200. The minimum Gasteiger partial charge on any atom is -0.497 e. The summed E-state index contributed by atoms with van der Waals surface area (Å²) in [5, 5.41) is 0. The third-order valence-corrected chi connectivity index (χ3v) is 6.45. The highest BCUT2D eigenvalue weighted by atomic mass is 32.2. The third kappa shape index (κ3) is 5.34. The van der Waals surface area contributed by atoms with Gasteiger partial charge >= 0.3 is 5.97 Å². The highest BCUT2D eigenvalue weighted by Crippen LogP contribution is 2.31. The van der Waals surface area contributed by atoms with Crippen LogP contribution in [0.15, 0.2) is 59.5 Å². The summed E-state index contributed by atoms with van der Waals surface area (Å²) in [6, 6.07) is 15.3. The van der Waals surface area contributed by atoms with Gasteiger partial charge in [0.15, 0.2) is 9.84 Å². The van der Waals surface area contributed by atoms with Gasteiger partial charge in [0.1, 0.15) is 5.75 Å². The summed E-state index contributed by atoms with van der Waals surface area (Å²) in [5.74, 6) is -0.930. The Morgan fingerprint density at radius 2 is 1.64 bits per heavy atom. The van der Waals surface area contributed by atoms with Gasteiger partial charge in [0.25, 0.3) is 5.78 Å². The summed E-state index contributed by atoms with van der Waals surface area (Å²) in [5.41, 5.74) is 2.89. The van der Waals surface area contributed by atoms with Gasteiger partial charge in [-0.05, 0) is 61.4 Å². The number of sulfone groups is 1. The number of esters is 1. The van der Waals surface area contributed by atoms with Crippen LogP contribution in [0.5, 0.6) is 5.75 Å². The summed E-state index contributed by atoms with van der Waals surface area (Å²) in [6.45, 7) is 3.92. The zero-order chi connectivity index (χ0) is 24.2. The fourth-order valence-electron chi connectivity index (χ4n) is 3.47. The highest BCUT2D eigenvalue weighted by molar-refractivity contribution is 7.90. The molecule has 0 unspecified atom stereocenters. The van der Waals surface area contributed by atoms with Crippen molar-refractivity contribution in [1.82, 2.24) is 4.57 Å². The van der Waals surface area contributed by atoms with E-state index in [1.54, 1.807) is 44.4 Å². The molecule has 0 aliphatic heterocycles. The van der Waals surface area contributed by atoms with Crippen LogP contribution in [0.2, 0.25) is 0 Å². The fraction of sp³-hybridized carbons (Fsp3) is 0.280. The normalized spacial score (nSPS) is 11.3. The second kappa shape index (κ2) is 10.0. The van der Waals surface area contributed by atoms with Crippen LogP contribution < -0.4 is 4.74 Å². The van der Waals surface area contributed by atoms with Gasteiger partial charge < -0.3 is 14.0 Å². The highest BCUT2D eigenvalue weighted by Gasteiger charge is 2.25. The number of carbonyl (C=O) groups is 2. The average molecular weight is 470 g/mol. The van der Waals surface area contributed by atoms with Crippen LogP contribution >= 0.6 is 0 Å². The summed E-state index contributed by atoms with van der Waals surface area (Å²) >= 11 is 0. The molecule has 0 bridgehead atoms. The van der Waals surface area contributed by atoms with E-state index < -0.39 is 21.6 Å². The van der Waals surface area contributed by atoms with E-state index in [9.17, 15) is 18.0 Å². The van der Waals surface area contributed by atoms with E-state index in [-0.39, 0.29) is 17.1 Å². The minimum absolute atomic E-state index is 0.194. The van der Waals surface area contributed by atoms with Gasteiger partial charge in [-0.25, -0.2) is 13.2 Å². The number of rotatable bonds is 9. The molecular formula is C25H27NO6S. The molecule has 7 nitrogen and oxygen atoms in total. The van der Waals surface area contributed by atoms with Crippen LogP contribution in [-0.4, -0.2) is 44.7 Å². The summed E-state index contributed by atoms with van der Waals surface area (Å²) < 4.78 is 35.9. The molecule has 174 valence electrons. The maximum Gasteiger partial charge on any atom is 0.379 e. The number of ketones is 1. The lowest BCUT2D eigenvalue weighted by Gasteiger charge is -2.13. The molecule has 0 fully saturated rings. The monoisotopic (exact) mass is 469 g/mol. The van der Waals surface area contributed by atoms with Crippen molar-refractivity contribution < 1.29 is 27.5 Å². The van der Waals surface area contributed by atoms with Gasteiger partial charge in [-0.15, -0.1) is 0 Å². The zero-order valence-electron chi connectivity index (χ0n) is 19.1. The van der Waals surface area contributed by atoms with Crippen LogP contribution in [0, 0.1) is 6.92 Å². The molecule has 0 N–H and O–H groups in total. The van der Waals surface area contributed by atoms with Gasteiger partial charge in [-0.1, -0.05) is 25.5 Å². The van der Waals surface area contributed by atoms with Crippen molar-refractivity contribution in [3.05, 3.63) is 65.9 Å². The maximum atomic E-state index is 12.9. The third-order valence-electron chi connectivity index (χ3n) is 5.32. The zero-order valence-corrected chi connectivity index (χ0v) is 19.9. The Kier molecular flexibility index (Phi) is 7.38. The van der Waals surface area contributed by atoms with Crippen LogP contribution in [0.4, 0.5) is 0 Å². The van der Waals surface area contributed by atoms with Crippen LogP contribution in [-0.2, 0) is 19.4 Å². The Bertz CT molecular complexity index is 1260. The van der Waals surface area contributed by atoms with E-state index >= 15 is 0 Å². The number of nitrogens with zero attached hydrogens (tertiary/aromatic N) is 1. The van der Waals surface area contributed by atoms with Gasteiger partial charge in [-0.3, -0.25) is 4.79 Å². The molecule has 1 heterocycles. The van der Waals surface area contributed by atoms with Gasteiger partial charge in [0.05, 0.1) is 29.9 Å². The molecule has 2 aromatic carbocycles. The standard InChI is InChI=1S/C25H27NO6S/c1-5-6-15-32-25(28)24(27)22-16-23(18-7-13-21(14-8-18)33(4,29)30)26(17(22)2)19-9-11-20(31-3)12-10-19/h7-14,16H,5-6,15H2,1-4H3. The Hall–Kier alpha value is -3.39. The maximum absolute atomic E-state index is 12.9. The number of unbranched alkanes of at least 4 members (excludes halogenated alkanes) is 1. The number of methoxy groups -OCH3 is 1. The summed E-state index contributed by atoms with van der Waals surface area (Å²) in [7, 11) is -1.77. The van der Waals surface area contributed by atoms with E-state index in [4.69, 9.17) is 9.47 Å². The SMILES string of the molecule is CCCCOC(=O)C(=O)c1cc(-c2ccc(S(C)(=O)=O)cc2)n(-c2ccc(OC)cc2)c1C. The largest absolute Gasteiger partial charge is 0.497 e. The number of hydrogen-bond donors (Lipinski definition) is 0. The second-order valence-corrected chi connectivity index (χ2v) is 9.69. The number of Topliss-reactive ketones (excluding diaryl/α,β-unsaturated/α-hetero) is 1. The molecule has 1 aromatic heterocycles. The van der Waals surface area contributed by atoms with Gasteiger partial charge in [0, 0.05) is 17.6 Å². The topological polar surface area (TPSA) is 91.7 Å². The molecule has 0 atom stereocenters. The van der Waals surface area contributed by atoms with Crippen molar-refractivity contribution in [2.24, 2.45) is 0 Å². The van der Waals surface area contributed by atoms with Crippen LogP contribution in [0.3, 0.4) is 0 Å². The van der Waals surface area contributed by atoms with Crippen molar-refractivity contribution in [3.63, 3.8) is 0 Å². The first-order valence-corrected chi connectivity index (χ1v) is 12.4. The number of carbonyl (C=O) groups excluding carboxylic acids is 2. The van der Waals surface area contributed by atoms with Crippen molar-refractivity contribution >= 4 is 21.6 Å². The number of hydrogen-bond acceptors (Lipinski definition) is 6. The molecule has 0 aliphatic carbocycles. The first-order chi connectivity index (χ1) is 15.7. The van der Waals surface area contributed by atoms with E-state index in [0.717, 1.165) is 18.4 Å². The summed E-state index contributed by atoms with van der Waals surface area (Å²) in [6.07, 6.45) is 2.68. The van der Waals surface area contributed by atoms with Gasteiger partial charge in [-0.2, -0.15) is 0 Å².